The molecule has 0 aliphatic heterocycles. The Balaban J connectivity index is 0.000000980. The third-order valence-corrected chi connectivity index (χ3v) is 1.84. The van der Waals surface area contributed by atoms with Gasteiger partial charge in [0.15, 0.2) is 0 Å². The lowest BCUT2D eigenvalue weighted by atomic mass is 10.2. The predicted octanol–water partition coefficient (Wildman–Crippen LogP) is 3.09. The topological polar surface area (TPSA) is 25.8 Å². The molecule has 2 aromatic rings. The van der Waals surface area contributed by atoms with Crippen LogP contribution in [0.5, 0.6) is 0 Å². The normalized spacial score (nSPS) is 9.21. The summed E-state index contributed by atoms with van der Waals surface area (Å²) >= 11 is 0. The molecule has 2 rings (SSSR count). The lowest BCUT2D eigenvalue weighted by Gasteiger charge is -1.98. The minimum atomic E-state index is 0. The summed E-state index contributed by atoms with van der Waals surface area (Å²) in [6.07, 6.45) is 3.63. The summed E-state index contributed by atoms with van der Waals surface area (Å²) in [5.74, 6) is 0. The molecule has 0 saturated carbocycles. The molecule has 0 saturated heterocycles. The highest BCUT2D eigenvalue weighted by Gasteiger charge is 1.97. The minimum Gasteiger partial charge on any atom is -0.255 e. The average molecular weight is 186 g/mol. The molecule has 14 heavy (non-hydrogen) atoms. The zero-order valence-electron chi connectivity index (χ0n) is 7.44. The largest absolute Gasteiger partial charge is 0.255 e. The number of pyridine rings is 2. The standard InChI is InChI=1S/C11H10N2.CH4/c1-9-5-6-11(13-8-9)10-4-2-3-7-12-10;/h2-8H,1H3;1H4. The molecule has 0 bridgehead atoms. The second-order valence-corrected chi connectivity index (χ2v) is 2.94. The number of hydrogen-bond donors (Lipinski definition) is 0. The van der Waals surface area contributed by atoms with E-state index in [0.717, 1.165) is 11.4 Å². The van der Waals surface area contributed by atoms with Crippen LogP contribution in [-0.4, -0.2) is 9.97 Å². The van der Waals surface area contributed by atoms with Crippen molar-refractivity contribution in [2.75, 3.05) is 0 Å². The van der Waals surface area contributed by atoms with Gasteiger partial charge < -0.3 is 0 Å². The van der Waals surface area contributed by atoms with Crippen molar-refractivity contribution >= 4 is 0 Å². The molecule has 0 unspecified atom stereocenters. The highest BCUT2D eigenvalue weighted by molar-refractivity contribution is 5.53. The van der Waals surface area contributed by atoms with Crippen LogP contribution in [0.4, 0.5) is 0 Å². The molecular weight excluding hydrogens is 172 g/mol. The fraction of sp³-hybridized carbons (Fsp3) is 0.167. The molecule has 2 heteroatoms. The Bertz CT molecular complexity index is 379. The summed E-state index contributed by atoms with van der Waals surface area (Å²) in [4.78, 5) is 8.50. The lowest BCUT2D eigenvalue weighted by Crippen LogP contribution is -1.85. The predicted molar refractivity (Wildman–Crippen MR) is 58.9 cm³/mol. The molecule has 0 amide bonds. The van der Waals surface area contributed by atoms with Crippen LogP contribution < -0.4 is 0 Å². The van der Waals surface area contributed by atoms with Crippen molar-refractivity contribution in [2.45, 2.75) is 14.4 Å². The van der Waals surface area contributed by atoms with Crippen molar-refractivity contribution in [3.8, 4) is 11.4 Å². The summed E-state index contributed by atoms with van der Waals surface area (Å²) in [6, 6.07) is 9.84. The van der Waals surface area contributed by atoms with Gasteiger partial charge in [0, 0.05) is 12.4 Å². The van der Waals surface area contributed by atoms with Gasteiger partial charge in [0.2, 0.25) is 0 Å². The quantitative estimate of drug-likeness (QED) is 0.684. The molecule has 72 valence electrons. The van der Waals surface area contributed by atoms with Crippen LogP contribution in [-0.2, 0) is 0 Å². The van der Waals surface area contributed by atoms with Crippen LogP contribution in [0.2, 0.25) is 0 Å². The molecule has 0 aliphatic carbocycles. The molecule has 0 aliphatic rings. The zero-order valence-corrected chi connectivity index (χ0v) is 7.44. The second kappa shape index (κ2) is 4.51. The lowest BCUT2D eigenvalue weighted by molar-refractivity contribution is 1.22. The van der Waals surface area contributed by atoms with Gasteiger partial charge in [0.1, 0.15) is 0 Å². The minimum absolute atomic E-state index is 0. The van der Waals surface area contributed by atoms with Gasteiger partial charge in [-0.05, 0) is 30.7 Å². The summed E-state index contributed by atoms with van der Waals surface area (Å²) in [6.45, 7) is 2.02. The number of aromatic nitrogens is 2. The fourth-order valence-corrected chi connectivity index (χ4v) is 1.13. The van der Waals surface area contributed by atoms with Gasteiger partial charge in [0.25, 0.3) is 0 Å². The Morgan fingerprint density at radius 1 is 0.929 bits per heavy atom. The van der Waals surface area contributed by atoms with E-state index in [1.54, 1.807) is 6.20 Å². The van der Waals surface area contributed by atoms with Crippen molar-refractivity contribution in [1.82, 2.24) is 9.97 Å². The smallest absolute Gasteiger partial charge is 0.0886 e. The maximum atomic E-state index is 4.29. The number of aryl methyl sites for hydroxylation is 1. The van der Waals surface area contributed by atoms with Gasteiger partial charge in [-0.25, -0.2) is 0 Å². The number of nitrogens with zero attached hydrogens (tertiary/aromatic N) is 2. The average Bonchev–Trinajstić information content (AvgIpc) is 2.20. The van der Waals surface area contributed by atoms with E-state index >= 15 is 0 Å². The summed E-state index contributed by atoms with van der Waals surface area (Å²) in [5.41, 5.74) is 3.01. The van der Waals surface area contributed by atoms with Crippen LogP contribution in [0.15, 0.2) is 42.7 Å². The van der Waals surface area contributed by atoms with Crippen LogP contribution >= 0.6 is 0 Å². The van der Waals surface area contributed by atoms with E-state index in [-0.39, 0.29) is 7.43 Å². The van der Waals surface area contributed by atoms with Crippen LogP contribution in [0.1, 0.15) is 13.0 Å². The SMILES string of the molecule is C.Cc1ccc(-c2ccccn2)nc1. The first-order chi connectivity index (χ1) is 6.36. The van der Waals surface area contributed by atoms with Gasteiger partial charge in [-0.3, -0.25) is 9.97 Å². The van der Waals surface area contributed by atoms with E-state index < -0.39 is 0 Å². The van der Waals surface area contributed by atoms with Gasteiger partial charge in [-0.2, -0.15) is 0 Å². The Morgan fingerprint density at radius 3 is 2.29 bits per heavy atom. The van der Waals surface area contributed by atoms with Crippen molar-refractivity contribution in [3.63, 3.8) is 0 Å². The fourth-order valence-electron chi connectivity index (χ4n) is 1.13. The van der Waals surface area contributed by atoms with Crippen molar-refractivity contribution in [3.05, 3.63) is 48.3 Å². The van der Waals surface area contributed by atoms with E-state index in [2.05, 4.69) is 9.97 Å². The first-order valence-electron chi connectivity index (χ1n) is 4.20. The highest BCUT2D eigenvalue weighted by Crippen LogP contribution is 2.12. The van der Waals surface area contributed by atoms with Gasteiger partial charge in [-0.1, -0.05) is 19.6 Å². The highest BCUT2D eigenvalue weighted by atomic mass is 14.8. The maximum absolute atomic E-state index is 4.29. The van der Waals surface area contributed by atoms with Gasteiger partial charge in [-0.15, -0.1) is 0 Å². The molecular formula is C12H14N2. The molecule has 2 heterocycles. The van der Waals surface area contributed by atoms with Crippen molar-refractivity contribution < 1.29 is 0 Å². The number of hydrogen-bond acceptors (Lipinski definition) is 2. The van der Waals surface area contributed by atoms with Crippen molar-refractivity contribution in [1.29, 1.82) is 0 Å². The maximum Gasteiger partial charge on any atom is 0.0886 e. The molecule has 2 aromatic heterocycles. The van der Waals surface area contributed by atoms with Crippen molar-refractivity contribution in [2.24, 2.45) is 0 Å². The number of rotatable bonds is 1. The van der Waals surface area contributed by atoms with E-state index in [1.165, 1.54) is 5.56 Å². The van der Waals surface area contributed by atoms with Crippen LogP contribution in [0.3, 0.4) is 0 Å². The van der Waals surface area contributed by atoms with E-state index in [0.29, 0.717) is 0 Å². The Labute approximate surface area is 84.7 Å². The van der Waals surface area contributed by atoms with Gasteiger partial charge >= 0.3 is 0 Å². The van der Waals surface area contributed by atoms with Crippen LogP contribution in [0, 0.1) is 6.92 Å². The van der Waals surface area contributed by atoms with Crippen LogP contribution in [0.25, 0.3) is 11.4 Å². The zero-order chi connectivity index (χ0) is 9.10. The molecule has 0 radical (unpaired) electrons. The van der Waals surface area contributed by atoms with E-state index in [4.69, 9.17) is 0 Å². The molecule has 2 nitrogen and oxygen atoms in total. The first kappa shape index (κ1) is 10.4. The summed E-state index contributed by atoms with van der Waals surface area (Å²) in [5, 5.41) is 0. The Morgan fingerprint density at radius 2 is 1.71 bits per heavy atom. The second-order valence-electron chi connectivity index (χ2n) is 2.94. The molecule has 0 aromatic carbocycles. The Hall–Kier alpha value is -1.70. The molecule has 0 spiro atoms. The third kappa shape index (κ3) is 2.16. The molecule has 0 atom stereocenters. The Kier molecular flexibility index (Phi) is 3.35. The van der Waals surface area contributed by atoms with Gasteiger partial charge in [0.05, 0.1) is 11.4 Å². The van der Waals surface area contributed by atoms with E-state index in [1.807, 2.05) is 43.5 Å². The first-order valence-corrected chi connectivity index (χ1v) is 4.20. The summed E-state index contributed by atoms with van der Waals surface area (Å²) in [7, 11) is 0. The van der Waals surface area contributed by atoms with E-state index in [9.17, 15) is 0 Å². The monoisotopic (exact) mass is 186 g/mol. The third-order valence-electron chi connectivity index (χ3n) is 1.84. The molecule has 0 N–H and O–H groups in total. The summed E-state index contributed by atoms with van der Waals surface area (Å²) < 4.78 is 0. The molecule has 0 fully saturated rings.